The lowest BCUT2D eigenvalue weighted by molar-refractivity contribution is 0.619. The van der Waals surface area contributed by atoms with E-state index in [1.165, 1.54) is 12.1 Å². The number of nitrogens with one attached hydrogen (secondary N) is 2. The zero-order valence-electron chi connectivity index (χ0n) is 12.3. The summed E-state index contributed by atoms with van der Waals surface area (Å²) in [6.07, 6.45) is 3.83. The van der Waals surface area contributed by atoms with Gasteiger partial charge in [0.1, 0.15) is 10.8 Å². The van der Waals surface area contributed by atoms with Crippen LogP contribution in [0.5, 0.6) is 0 Å². The summed E-state index contributed by atoms with van der Waals surface area (Å²) in [6, 6.07) is 6.39. The number of nitrogens with zero attached hydrogens (tertiary/aromatic N) is 2. The second-order valence-electron chi connectivity index (χ2n) is 4.89. The third kappa shape index (κ3) is 4.96. The fourth-order valence-corrected chi connectivity index (χ4v) is 2.31. The molecule has 0 atom stereocenters. The minimum atomic E-state index is -0.268. The van der Waals surface area contributed by atoms with Crippen LogP contribution in [0.3, 0.4) is 0 Å². The topological polar surface area (TPSA) is 41.9 Å². The van der Waals surface area contributed by atoms with Crippen molar-refractivity contribution in [1.82, 2.24) is 15.1 Å². The molecular formula is C15H18ClFN4S. The minimum absolute atomic E-state index is 0.268. The SMILES string of the molecule is CCCCNC(=S)Nc1nn(Cc2cccc(F)c2)cc1Cl. The number of unbranched alkanes of at least 4 members (excludes halogenated alkanes) is 1. The Labute approximate surface area is 139 Å². The zero-order chi connectivity index (χ0) is 15.9. The highest BCUT2D eigenvalue weighted by atomic mass is 35.5. The summed E-state index contributed by atoms with van der Waals surface area (Å²) in [5, 5.41) is 11.3. The molecule has 0 saturated carbocycles. The van der Waals surface area contributed by atoms with Gasteiger partial charge in [-0.2, -0.15) is 5.10 Å². The molecule has 7 heteroatoms. The van der Waals surface area contributed by atoms with E-state index in [0.29, 0.717) is 22.5 Å². The van der Waals surface area contributed by atoms with Crippen LogP contribution in [0.25, 0.3) is 0 Å². The predicted molar refractivity (Wildman–Crippen MR) is 91.9 cm³/mol. The van der Waals surface area contributed by atoms with Crippen molar-refractivity contribution >= 4 is 34.7 Å². The molecule has 0 aliphatic heterocycles. The van der Waals surface area contributed by atoms with Crippen molar-refractivity contribution < 1.29 is 4.39 Å². The number of rotatable bonds is 6. The van der Waals surface area contributed by atoms with Crippen LogP contribution >= 0.6 is 23.8 Å². The standard InChI is InChI=1S/C15H18ClFN4S/c1-2-3-7-18-15(22)19-14-13(16)10-21(20-14)9-11-5-4-6-12(17)8-11/h4-6,8,10H,2-3,7,9H2,1H3,(H2,18,19,20,22). The lowest BCUT2D eigenvalue weighted by atomic mass is 10.2. The molecule has 2 N–H and O–H groups in total. The Morgan fingerprint density at radius 1 is 1.45 bits per heavy atom. The molecule has 1 aromatic carbocycles. The molecule has 0 saturated heterocycles. The Morgan fingerprint density at radius 3 is 3.00 bits per heavy atom. The highest BCUT2D eigenvalue weighted by Crippen LogP contribution is 2.20. The van der Waals surface area contributed by atoms with Crippen LogP contribution in [0.2, 0.25) is 5.02 Å². The molecule has 1 heterocycles. The van der Waals surface area contributed by atoms with E-state index in [4.69, 9.17) is 23.8 Å². The van der Waals surface area contributed by atoms with Crippen molar-refractivity contribution in [2.45, 2.75) is 26.3 Å². The molecule has 0 bridgehead atoms. The van der Waals surface area contributed by atoms with Gasteiger partial charge in [-0.1, -0.05) is 37.1 Å². The molecule has 0 aliphatic carbocycles. The van der Waals surface area contributed by atoms with Crippen LogP contribution in [0.15, 0.2) is 30.5 Å². The number of thiocarbonyl (C=S) groups is 1. The lowest BCUT2D eigenvalue weighted by Gasteiger charge is -2.08. The Morgan fingerprint density at radius 2 is 2.27 bits per heavy atom. The van der Waals surface area contributed by atoms with Crippen molar-refractivity contribution in [3.8, 4) is 0 Å². The maximum absolute atomic E-state index is 13.2. The van der Waals surface area contributed by atoms with Crippen LogP contribution in [-0.4, -0.2) is 21.4 Å². The van der Waals surface area contributed by atoms with Crippen molar-refractivity contribution in [3.05, 3.63) is 46.9 Å². The fraction of sp³-hybridized carbons (Fsp3) is 0.333. The van der Waals surface area contributed by atoms with Gasteiger partial charge in [0.05, 0.1) is 6.54 Å². The zero-order valence-corrected chi connectivity index (χ0v) is 13.8. The van der Waals surface area contributed by atoms with Gasteiger partial charge in [-0.3, -0.25) is 4.68 Å². The number of hydrogen-bond donors (Lipinski definition) is 2. The summed E-state index contributed by atoms with van der Waals surface area (Å²) in [5.41, 5.74) is 0.814. The first-order valence-electron chi connectivity index (χ1n) is 7.10. The molecule has 0 unspecified atom stereocenters. The molecule has 0 aliphatic rings. The third-order valence-electron chi connectivity index (χ3n) is 3.00. The van der Waals surface area contributed by atoms with Gasteiger partial charge in [-0.25, -0.2) is 4.39 Å². The van der Waals surface area contributed by atoms with E-state index in [1.807, 2.05) is 6.07 Å². The second kappa shape index (κ2) is 8.10. The van der Waals surface area contributed by atoms with Gasteiger partial charge in [0, 0.05) is 12.7 Å². The molecular weight excluding hydrogens is 323 g/mol. The van der Waals surface area contributed by atoms with Crippen molar-refractivity contribution in [2.75, 3.05) is 11.9 Å². The highest BCUT2D eigenvalue weighted by Gasteiger charge is 2.09. The summed E-state index contributed by atoms with van der Waals surface area (Å²) in [4.78, 5) is 0. The maximum atomic E-state index is 13.2. The molecule has 0 radical (unpaired) electrons. The van der Waals surface area contributed by atoms with Crippen LogP contribution in [-0.2, 0) is 6.54 Å². The number of halogens is 2. The molecule has 1 aromatic heterocycles. The Hall–Kier alpha value is -1.66. The summed E-state index contributed by atoms with van der Waals surface area (Å²) in [7, 11) is 0. The first-order chi connectivity index (χ1) is 10.6. The fourth-order valence-electron chi connectivity index (χ4n) is 1.92. The van der Waals surface area contributed by atoms with Gasteiger partial charge in [0.25, 0.3) is 0 Å². The summed E-state index contributed by atoms with van der Waals surface area (Å²) < 4.78 is 14.8. The second-order valence-corrected chi connectivity index (χ2v) is 5.70. The van der Waals surface area contributed by atoms with E-state index >= 15 is 0 Å². The van der Waals surface area contributed by atoms with Crippen molar-refractivity contribution in [1.29, 1.82) is 0 Å². The normalized spacial score (nSPS) is 10.5. The molecule has 0 amide bonds. The molecule has 2 rings (SSSR count). The average Bonchev–Trinajstić information content (AvgIpc) is 2.79. The Balaban J connectivity index is 1.97. The summed E-state index contributed by atoms with van der Waals surface area (Å²) in [5.74, 6) is 0.225. The van der Waals surface area contributed by atoms with E-state index in [0.717, 1.165) is 24.9 Å². The highest BCUT2D eigenvalue weighted by molar-refractivity contribution is 7.80. The van der Waals surface area contributed by atoms with Crippen LogP contribution in [0.1, 0.15) is 25.3 Å². The van der Waals surface area contributed by atoms with Crippen LogP contribution in [0, 0.1) is 5.82 Å². The van der Waals surface area contributed by atoms with Gasteiger partial charge in [0.2, 0.25) is 0 Å². The Bertz CT molecular complexity index is 644. The quantitative estimate of drug-likeness (QED) is 0.620. The molecule has 4 nitrogen and oxygen atoms in total. The predicted octanol–water partition coefficient (Wildman–Crippen LogP) is 3.81. The van der Waals surface area contributed by atoms with Gasteiger partial charge >= 0.3 is 0 Å². The first kappa shape index (κ1) is 16.7. The molecule has 22 heavy (non-hydrogen) atoms. The first-order valence-corrected chi connectivity index (χ1v) is 7.89. The smallest absolute Gasteiger partial charge is 0.173 e. The molecule has 2 aromatic rings. The van der Waals surface area contributed by atoms with E-state index in [9.17, 15) is 4.39 Å². The monoisotopic (exact) mass is 340 g/mol. The van der Waals surface area contributed by atoms with Gasteiger partial charge in [-0.15, -0.1) is 0 Å². The lowest BCUT2D eigenvalue weighted by Crippen LogP contribution is -2.29. The third-order valence-corrected chi connectivity index (χ3v) is 3.52. The summed E-state index contributed by atoms with van der Waals surface area (Å²) >= 11 is 11.3. The van der Waals surface area contributed by atoms with E-state index in [2.05, 4.69) is 22.7 Å². The van der Waals surface area contributed by atoms with Crippen molar-refractivity contribution in [3.63, 3.8) is 0 Å². The van der Waals surface area contributed by atoms with E-state index in [1.54, 1.807) is 16.9 Å². The number of aromatic nitrogens is 2. The number of anilines is 1. The Kier molecular flexibility index (Phi) is 6.15. The van der Waals surface area contributed by atoms with Crippen molar-refractivity contribution in [2.24, 2.45) is 0 Å². The van der Waals surface area contributed by atoms with E-state index in [-0.39, 0.29) is 5.82 Å². The van der Waals surface area contributed by atoms with Crippen LogP contribution < -0.4 is 10.6 Å². The van der Waals surface area contributed by atoms with Crippen LogP contribution in [0.4, 0.5) is 10.2 Å². The largest absolute Gasteiger partial charge is 0.362 e. The maximum Gasteiger partial charge on any atom is 0.173 e. The molecule has 0 fully saturated rings. The summed E-state index contributed by atoms with van der Waals surface area (Å²) in [6.45, 7) is 3.36. The minimum Gasteiger partial charge on any atom is -0.362 e. The number of hydrogen-bond acceptors (Lipinski definition) is 2. The average molecular weight is 341 g/mol. The van der Waals surface area contributed by atoms with Gasteiger partial charge < -0.3 is 10.6 Å². The number of benzene rings is 1. The molecule has 0 spiro atoms. The van der Waals surface area contributed by atoms with Gasteiger partial charge in [0.15, 0.2) is 10.9 Å². The van der Waals surface area contributed by atoms with Gasteiger partial charge in [-0.05, 0) is 36.3 Å². The van der Waals surface area contributed by atoms with E-state index < -0.39 is 0 Å². The molecule has 118 valence electrons.